The van der Waals surface area contributed by atoms with Crippen LogP contribution in [0.15, 0.2) is 0 Å². The van der Waals surface area contributed by atoms with Crippen LogP contribution in [0.1, 0.15) is 39.0 Å². The van der Waals surface area contributed by atoms with Crippen molar-refractivity contribution in [3.05, 3.63) is 0 Å². The number of nitrogens with zero attached hydrogens (tertiary/aromatic N) is 1. The van der Waals surface area contributed by atoms with Gasteiger partial charge >= 0.3 is 0 Å². The molecule has 17 heavy (non-hydrogen) atoms. The Bertz CT molecular complexity index is 299. The number of halogens is 1. The number of carbonyl (C=O) groups excluding carboxylic acids is 1. The van der Waals surface area contributed by atoms with Crippen LogP contribution in [0.25, 0.3) is 0 Å². The van der Waals surface area contributed by atoms with Gasteiger partial charge in [-0.25, -0.2) is 0 Å². The molecule has 3 fully saturated rings. The molecule has 2 saturated carbocycles. The van der Waals surface area contributed by atoms with Crippen LogP contribution >= 0.6 is 15.9 Å². The van der Waals surface area contributed by atoms with E-state index in [0.29, 0.717) is 16.7 Å². The molecule has 0 bridgehead atoms. The maximum absolute atomic E-state index is 12.4. The van der Waals surface area contributed by atoms with E-state index >= 15 is 0 Å². The van der Waals surface area contributed by atoms with Gasteiger partial charge in [-0.15, -0.1) is 0 Å². The number of amides is 1. The van der Waals surface area contributed by atoms with Crippen LogP contribution in [0.3, 0.4) is 0 Å². The normalized spacial score (nSPS) is 38.9. The van der Waals surface area contributed by atoms with Gasteiger partial charge in [-0.1, -0.05) is 22.9 Å². The van der Waals surface area contributed by atoms with Gasteiger partial charge in [0, 0.05) is 23.8 Å². The van der Waals surface area contributed by atoms with Crippen molar-refractivity contribution in [2.24, 2.45) is 23.7 Å². The number of hydrogen-bond acceptors (Lipinski definition) is 1. The smallest absolute Gasteiger partial charge is 0.225 e. The quantitative estimate of drug-likeness (QED) is 0.718. The molecule has 96 valence electrons. The summed E-state index contributed by atoms with van der Waals surface area (Å²) in [6.07, 6.45) is 6.15. The van der Waals surface area contributed by atoms with Crippen LogP contribution in [0, 0.1) is 23.7 Å². The Morgan fingerprint density at radius 1 is 1.18 bits per heavy atom. The van der Waals surface area contributed by atoms with Crippen LogP contribution in [-0.4, -0.2) is 28.7 Å². The molecule has 1 amide bonds. The molecule has 0 aromatic rings. The Hall–Kier alpha value is -0.0500. The lowest BCUT2D eigenvalue weighted by atomic mass is 9.92. The van der Waals surface area contributed by atoms with Crippen molar-refractivity contribution in [2.75, 3.05) is 13.1 Å². The summed E-state index contributed by atoms with van der Waals surface area (Å²) in [4.78, 5) is 15.1. The number of carbonyl (C=O) groups is 1. The molecule has 0 spiro atoms. The Morgan fingerprint density at radius 2 is 1.76 bits per heavy atom. The van der Waals surface area contributed by atoms with Gasteiger partial charge in [-0.05, 0) is 49.9 Å². The van der Waals surface area contributed by atoms with Crippen molar-refractivity contribution in [1.82, 2.24) is 4.90 Å². The van der Waals surface area contributed by atoms with Crippen molar-refractivity contribution < 1.29 is 4.79 Å². The average Bonchev–Trinajstić information content (AvgIpc) is 2.95. The molecule has 0 N–H and O–H groups in total. The first kappa shape index (κ1) is 12.0. The molecule has 3 rings (SSSR count). The molecule has 2 nitrogen and oxygen atoms in total. The molecule has 3 aliphatic rings. The Morgan fingerprint density at radius 3 is 2.29 bits per heavy atom. The number of hydrogen-bond donors (Lipinski definition) is 0. The second kappa shape index (κ2) is 4.56. The highest BCUT2D eigenvalue weighted by Crippen LogP contribution is 2.54. The fourth-order valence-corrected chi connectivity index (χ4v) is 4.28. The van der Waals surface area contributed by atoms with Crippen LogP contribution in [0.2, 0.25) is 0 Å². The Balaban J connectivity index is 1.50. The highest BCUT2D eigenvalue weighted by atomic mass is 79.9. The first-order valence-corrected chi connectivity index (χ1v) is 7.99. The predicted molar refractivity (Wildman–Crippen MR) is 72.0 cm³/mol. The summed E-state index contributed by atoms with van der Waals surface area (Å²) in [5.74, 6) is 3.46. The standard InChI is InChI=1S/C14H22BrNO/c1-9(15)10-2-4-16(5-3-10)14(17)13-7-11-6-12(11)8-13/h9-13H,2-8H2,1H3. The van der Waals surface area contributed by atoms with Crippen LogP contribution < -0.4 is 0 Å². The minimum absolute atomic E-state index is 0.386. The van der Waals surface area contributed by atoms with E-state index in [9.17, 15) is 4.79 Å². The van der Waals surface area contributed by atoms with Crippen molar-refractivity contribution in [3.8, 4) is 0 Å². The molecule has 3 atom stereocenters. The maximum Gasteiger partial charge on any atom is 0.225 e. The lowest BCUT2D eigenvalue weighted by molar-refractivity contribution is -0.137. The predicted octanol–water partition coefficient (Wildman–Crippen LogP) is 3.05. The summed E-state index contributed by atoms with van der Waals surface area (Å²) in [6, 6.07) is 0. The lowest BCUT2D eigenvalue weighted by Crippen LogP contribution is -2.42. The zero-order chi connectivity index (χ0) is 12.0. The molecular weight excluding hydrogens is 278 g/mol. The molecule has 0 aromatic carbocycles. The SMILES string of the molecule is CC(Br)C1CCN(C(=O)C2CC3CC3C2)CC1. The van der Waals surface area contributed by atoms with Gasteiger partial charge in [-0.2, -0.15) is 0 Å². The first-order chi connectivity index (χ1) is 8.15. The van der Waals surface area contributed by atoms with Crippen molar-refractivity contribution in [2.45, 2.75) is 43.9 Å². The monoisotopic (exact) mass is 299 g/mol. The average molecular weight is 300 g/mol. The number of piperidine rings is 1. The third-order valence-electron chi connectivity index (χ3n) is 5.09. The van der Waals surface area contributed by atoms with Crippen LogP contribution in [0.5, 0.6) is 0 Å². The summed E-state index contributed by atoms with van der Waals surface area (Å²) in [5.41, 5.74) is 0. The maximum atomic E-state index is 12.4. The first-order valence-electron chi connectivity index (χ1n) is 7.08. The minimum atomic E-state index is 0.386. The molecule has 0 aromatic heterocycles. The van der Waals surface area contributed by atoms with E-state index in [0.717, 1.165) is 30.8 Å². The molecule has 1 saturated heterocycles. The lowest BCUT2D eigenvalue weighted by Gasteiger charge is -2.35. The van der Waals surface area contributed by atoms with Gasteiger partial charge in [-0.3, -0.25) is 4.79 Å². The van der Waals surface area contributed by atoms with Gasteiger partial charge in [0.05, 0.1) is 0 Å². The topological polar surface area (TPSA) is 20.3 Å². The summed E-state index contributed by atoms with van der Waals surface area (Å²) in [6.45, 7) is 4.21. The molecule has 1 heterocycles. The van der Waals surface area contributed by atoms with Crippen molar-refractivity contribution in [3.63, 3.8) is 0 Å². The van der Waals surface area contributed by atoms with Gasteiger partial charge in [0.25, 0.3) is 0 Å². The fourth-order valence-electron chi connectivity index (χ4n) is 3.75. The molecule has 3 unspecified atom stereocenters. The Labute approximate surface area is 112 Å². The molecule has 3 heteroatoms. The fraction of sp³-hybridized carbons (Fsp3) is 0.929. The highest BCUT2D eigenvalue weighted by Gasteiger charge is 2.48. The number of rotatable bonds is 2. The van der Waals surface area contributed by atoms with Crippen molar-refractivity contribution in [1.29, 1.82) is 0 Å². The van der Waals surface area contributed by atoms with E-state index in [1.54, 1.807) is 0 Å². The third-order valence-corrected chi connectivity index (χ3v) is 5.84. The van der Waals surface area contributed by atoms with Crippen LogP contribution in [0.4, 0.5) is 0 Å². The van der Waals surface area contributed by atoms with Gasteiger partial charge in [0.15, 0.2) is 0 Å². The van der Waals surface area contributed by atoms with Crippen molar-refractivity contribution >= 4 is 21.8 Å². The second-order valence-electron chi connectivity index (χ2n) is 6.26. The van der Waals surface area contributed by atoms with Crippen LogP contribution in [-0.2, 0) is 4.79 Å². The van der Waals surface area contributed by atoms with E-state index in [1.807, 2.05) is 0 Å². The molecule has 0 radical (unpaired) electrons. The highest BCUT2D eigenvalue weighted by molar-refractivity contribution is 9.09. The van der Waals surface area contributed by atoms with E-state index in [1.165, 1.54) is 32.1 Å². The minimum Gasteiger partial charge on any atom is -0.342 e. The summed E-state index contributed by atoms with van der Waals surface area (Å²) < 4.78 is 0. The van der Waals surface area contributed by atoms with E-state index in [2.05, 4.69) is 27.8 Å². The number of likely N-dealkylation sites (tertiary alicyclic amines) is 1. The zero-order valence-corrected chi connectivity index (χ0v) is 12.2. The summed E-state index contributed by atoms with van der Waals surface area (Å²) >= 11 is 3.67. The number of fused-ring (bicyclic) bond motifs is 1. The number of alkyl halides is 1. The summed E-state index contributed by atoms with van der Waals surface area (Å²) in [7, 11) is 0. The van der Waals surface area contributed by atoms with Gasteiger partial charge in [0.2, 0.25) is 5.91 Å². The van der Waals surface area contributed by atoms with Gasteiger partial charge < -0.3 is 4.90 Å². The van der Waals surface area contributed by atoms with E-state index in [4.69, 9.17) is 0 Å². The molecule has 2 aliphatic carbocycles. The largest absolute Gasteiger partial charge is 0.342 e. The third kappa shape index (κ3) is 2.40. The molecular formula is C14H22BrNO. The molecule has 1 aliphatic heterocycles. The summed E-state index contributed by atoms with van der Waals surface area (Å²) in [5, 5.41) is 0. The zero-order valence-electron chi connectivity index (χ0n) is 10.6. The van der Waals surface area contributed by atoms with E-state index < -0.39 is 0 Å². The second-order valence-corrected chi connectivity index (χ2v) is 7.71. The van der Waals surface area contributed by atoms with E-state index in [-0.39, 0.29) is 0 Å². The van der Waals surface area contributed by atoms with Gasteiger partial charge in [0.1, 0.15) is 0 Å². The Kier molecular flexibility index (Phi) is 3.22.